The normalized spacial score (nSPS) is 12.8. The van der Waals surface area contributed by atoms with Gasteiger partial charge in [0.25, 0.3) is 0 Å². The van der Waals surface area contributed by atoms with Crippen LogP contribution in [-0.2, 0) is 14.2 Å². The fraction of sp³-hybridized carbons (Fsp3) is 1.00. The molecule has 0 saturated carbocycles. The maximum absolute atomic E-state index is 8.61. The molecule has 2 atom stereocenters. The van der Waals surface area contributed by atoms with Crippen LogP contribution in [0, 0.1) is 0 Å². The molecule has 0 aromatic rings. The van der Waals surface area contributed by atoms with Crippen LogP contribution in [-0.4, -0.2) is 45.2 Å². The minimum Gasteiger partial charge on any atom is -0.379 e. The Hall–Kier alpha value is -0.810. The van der Waals surface area contributed by atoms with Crippen LogP contribution < -0.4 is 0 Å². The van der Waals surface area contributed by atoms with Crippen molar-refractivity contribution >= 4 is 0 Å². The summed E-state index contributed by atoms with van der Waals surface area (Å²) in [5.74, 6) is 0. The van der Waals surface area contributed by atoms with E-state index >= 15 is 0 Å². The minimum absolute atomic E-state index is 0.0538. The van der Waals surface area contributed by atoms with Gasteiger partial charge in [0, 0.05) is 18.1 Å². The third-order valence-electron chi connectivity index (χ3n) is 8.71. The summed E-state index contributed by atoms with van der Waals surface area (Å²) in [5, 5.41) is 3.70. The van der Waals surface area contributed by atoms with Crippen molar-refractivity contribution in [3.05, 3.63) is 10.4 Å². The number of nitrogens with zero attached hydrogens (tertiary/aromatic N) is 3. The lowest BCUT2D eigenvalue weighted by atomic mass is 10.0. The fourth-order valence-electron chi connectivity index (χ4n) is 5.80. The second-order valence-electron chi connectivity index (χ2n) is 13.4. The highest BCUT2D eigenvalue weighted by atomic mass is 16.6. The molecule has 0 aliphatic carbocycles. The van der Waals surface area contributed by atoms with E-state index in [2.05, 4.69) is 23.9 Å². The molecule has 262 valence electrons. The largest absolute Gasteiger partial charge is 0.379 e. The third-order valence-corrected chi connectivity index (χ3v) is 8.71. The second kappa shape index (κ2) is 38.4. The molecule has 0 N–H and O–H groups in total. The van der Waals surface area contributed by atoms with Crippen LogP contribution in [0.1, 0.15) is 201 Å². The van der Waals surface area contributed by atoms with E-state index in [4.69, 9.17) is 19.7 Å². The van der Waals surface area contributed by atoms with Crippen molar-refractivity contribution in [1.29, 1.82) is 0 Å². The highest BCUT2D eigenvalue weighted by molar-refractivity contribution is 4.62. The summed E-state index contributed by atoms with van der Waals surface area (Å²) in [6, 6.07) is -0.164. The monoisotopic (exact) mass is 624 g/mol. The zero-order chi connectivity index (χ0) is 32.0. The first kappa shape index (κ1) is 43.2. The van der Waals surface area contributed by atoms with Gasteiger partial charge in [-0.15, -0.1) is 0 Å². The zero-order valence-corrected chi connectivity index (χ0v) is 30.1. The minimum atomic E-state index is -0.164. The molecule has 0 spiro atoms. The van der Waals surface area contributed by atoms with Crippen molar-refractivity contribution in [3.8, 4) is 0 Å². The Kier molecular flexibility index (Phi) is 37.7. The van der Waals surface area contributed by atoms with E-state index in [1.807, 2.05) is 6.92 Å². The molecule has 2 unspecified atom stereocenters. The summed E-state index contributed by atoms with van der Waals surface area (Å²) in [7, 11) is 0. The van der Waals surface area contributed by atoms with Gasteiger partial charge in [-0.1, -0.05) is 193 Å². The van der Waals surface area contributed by atoms with E-state index in [0.717, 1.165) is 26.1 Å². The Morgan fingerprint density at radius 1 is 0.455 bits per heavy atom. The van der Waals surface area contributed by atoms with E-state index in [1.165, 1.54) is 167 Å². The predicted octanol–water partition coefficient (Wildman–Crippen LogP) is 13.1. The molecule has 0 saturated heterocycles. The average molecular weight is 624 g/mol. The summed E-state index contributed by atoms with van der Waals surface area (Å²) >= 11 is 0. The maximum Gasteiger partial charge on any atom is 0.104 e. The Morgan fingerprint density at radius 2 is 0.795 bits per heavy atom. The molecule has 0 rings (SSSR count). The second-order valence-corrected chi connectivity index (χ2v) is 13.4. The summed E-state index contributed by atoms with van der Waals surface area (Å²) in [4.78, 5) is 2.87. The molecule has 0 amide bonds. The van der Waals surface area contributed by atoms with E-state index in [0.29, 0.717) is 19.8 Å². The molecule has 6 nitrogen and oxygen atoms in total. The van der Waals surface area contributed by atoms with Crippen molar-refractivity contribution in [2.24, 2.45) is 5.11 Å². The van der Waals surface area contributed by atoms with Gasteiger partial charge in [-0.05, 0) is 18.4 Å². The van der Waals surface area contributed by atoms with Crippen LogP contribution in [0.25, 0.3) is 10.4 Å². The molecule has 0 aromatic carbocycles. The van der Waals surface area contributed by atoms with Gasteiger partial charge in [-0.2, -0.15) is 0 Å². The first-order chi connectivity index (χ1) is 21.7. The van der Waals surface area contributed by atoms with Gasteiger partial charge in [-0.3, -0.25) is 0 Å². The number of unbranched alkanes of at least 4 members (excludes halogenated alkanes) is 26. The van der Waals surface area contributed by atoms with E-state index in [1.54, 1.807) is 0 Å². The Labute approximate surface area is 275 Å². The maximum atomic E-state index is 8.61. The molecule has 6 heteroatoms. The van der Waals surface area contributed by atoms with E-state index in [9.17, 15) is 0 Å². The topological polar surface area (TPSA) is 76.5 Å². The first-order valence-electron chi connectivity index (χ1n) is 19.6. The SMILES string of the molecule is CCCCCCCCCCCCCCCCOCC(COCC(C)N=[N+]=[N-])OCCCCCCCCCCCCCCCC. The van der Waals surface area contributed by atoms with Crippen LogP contribution >= 0.6 is 0 Å². The quantitative estimate of drug-likeness (QED) is 0.0297. The molecule has 0 aromatic heterocycles. The van der Waals surface area contributed by atoms with Gasteiger partial charge in [0.05, 0.1) is 25.9 Å². The molecule has 0 fully saturated rings. The van der Waals surface area contributed by atoms with Crippen molar-refractivity contribution in [3.63, 3.8) is 0 Å². The van der Waals surface area contributed by atoms with Gasteiger partial charge in [-0.25, -0.2) is 0 Å². The highest BCUT2D eigenvalue weighted by Gasteiger charge is 2.11. The number of hydrogen-bond acceptors (Lipinski definition) is 4. The lowest BCUT2D eigenvalue weighted by Gasteiger charge is -2.19. The van der Waals surface area contributed by atoms with Crippen molar-refractivity contribution in [2.45, 2.75) is 213 Å². The molecule has 0 aliphatic rings. The van der Waals surface area contributed by atoms with Gasteiger partial charge in [0.1, 0.15) is 6.10 Å². The average Bonchev–Trinajstić information content (AvgIpc) is 3.02. The number of hydrogen-bond donors (Lipinski definition) is 0. The van der Waals surface area contributed by atoms with E-state index < -0.39 is 0 Å². The van der Waals surface area contributed by atoms with Crippen LogP contribution in [0.2, 0.25) is 0 Å². The van der Waals surface area contributed by atoms with Crippen LogP contribution in [0.4, 0.5) is 0 Å². The predicted molar refractivity (Wildman–Crippen MR) is 191 cm³/mol. The van der Waals surface area contributed by atoms with Crippen molar-refractivity contribution in [2.75, 3.05) is 33.0 Å². The molecular formula is C38H77N3O3. The van der Waals surface area contributed by atoms with E-state index in [-0.39, 0.29) is 12.1 Å². The smallest absolute Gasteiger partial charge is 0.104 e. The Balaban J connectivity index is 3.78. The molecule has 44 heavy (non-hydrogen) atoms. The lowest BCUT2D eigenvalue weighted by molar-refractivity contribution is -0.0623. The van der Waals surface area contributed by atoms with Gasteiger partial charge < -0.3 is 14.2 Å². The van der Waals surface area contributed by atoms with Crippen molar-refractivity contribution < 1.29 is 14.2 Å². The number of rotatable bonds is 38. The summed E-state index contributed by atoms with van der Waals surface area (Å²) in [6.07, 6.45) is 38.2. The van der Waals surface area contributed by atoms with Crippen LogP contribution in [0.15, 0.2) is 5.11 Å². The van der Waals surface area contributed by atoms with Gasteiger partial charge in [0.15, 0.2) is 0 Å². The first-order valence-corrected chi connectivity index (χ1v) is 19.6. The number of azide groups is 1. The van der Waals surface area contributed by atoms with Crippen LogP contribution in [0.5, 0.6) is 0 Å². The molecule has 0 radical (unpaired) electrons. The molecule has 0 heterocycles. The van der Waals surface area contributed by atoms with Gasteiger partial charge in [0.2, 0.25) is 0 Å². The number of ether oxygens (including phenoxy) is 3. The molecule has 0 aliphatic heterocycles. The lowest BCUT2D eigenvalue weighted by Crippen LogP contribution is -2.28. The Morgan fingerprint density at radius 3 is 1.18 bits per heavy atom. The third kappa shape index (κ3) is 35.7. The molecular weight excluding hydrogens is 546 g/mol. The molecule has 0 bridgehead atoms. The van der Waals surface area contributed by atoms with Crippen LogP contribution in [0.3, 0.4) is 0 Å². The van der Waals surface area contributed by atoms with Crippen molar-refractivity contribution in [1.82, 2.24) is 0 Å². The zero-order valence-electron chi connectivity index (χ0n) is 30.1. The summed E-state index contributed by atoms with van der Waals surface area (Å²) in [5.41, 5.74) is 8.61. The fourth-order valence-corrected chi connectivity index (χ4v) is 5.80. The summed E-state index contributed by atoms with van der Waals surface area (Å²) < 4.78 is 18.0. The highest BCUT2D eigenvalue weighted by Crippen LogP contribution is 2.14. The van der Waals surface area contributed by atoms with Gasteiger partial charge >= 0.3 is 0 Å². The standard InChI is InChI=1S/C38H77N3O3/c1-4-6-8-10-12-14-16-18-20-22-24-26-28-30-32-42-35-38(36-43-34-37(3)40-41-39)44-33-31-29-27-25-23-21-19-17-15-13-11-9-7-5-2/h37-38H,4-36H2,1-3H3. The summed E-state index contributed by atoms with van der Waals surface area (Å²) in [6.45, 7) is 9.49. The Bertz CT molecular complexity index is 586.